The number of aromatic nitrogens is 3. The summed E-state index contributed by atoms with van der Waals surface area (Å²) in [6, 6.07) is 0.198. The molecule has 0 aromatic carbocycles. The van der Waals surface area contributed by atoms with Gasteiger partial charge in [-0.1, -0.05) is 6.92 Å². The van der Waals surface area contributed by atoms with Gasteiger partial charge in [0.2, 0.25) is 5.91 Å². The molecule has 23 heavy (non-hydrogen) atoms. The lowest BCUT2D eigenvalue weighted by molar-refractivity contribution is -0.132. The van der Waals surface area contributed by atoms with Gasteiger partial charge in [-0.25, -0.2) is 4.98 Å². The molecule has 0 spiro atoms. The summed E-state index contributed by atoms with van der Waals surface area (Å²) in [6.07, 6.45) is 8.47. The fourth-order valence-corrected chi connectivity index (χ4v) is 4.35. The SMILES string of the molecule is CCc1nc2c(s1)C(N(C)C(=O)CCn1cc(C)cn1)CCC2. The molecule has 2 heterocycles. The second-order valence-corrected chi connectivity index (χ2v) is 7.33. The van der Waals surface area contributed by atoms with Gasteiger partial charge in [0, 0.05) is 26.2 Å². The Hall–Kier alpha value is -1.69. The minimum Gasteiger partial charge on any atom is -0.338 e. The van der Waals surface area contributed by atoms with Crippen LogP contribution >= 0.6 is 11.3 Å². The zero-order valence-electron chi connectivity index (χ0n) is 14.1. The Labute approximate surface area is 141 Å². The molecule has 1 amide bonds. The van der Waals surface area contributed by atoms with Crippen LogP contribution in [0.1, 0.15) is 53.4 Å². The van der Waals surface area contributed by atoms with Crippen LogP contribution in [0.2, 0.25) is 0 Å². The van der Waals surface area contributed by atoms with Crippen LogP contribution < -0.4 is 0 Å². The maximum absolute atomic E-state index is 12.6. The van der Waals surface area contributed by atoms with Crippen molar-refractivity contribution in [3.05, 3.63) is 33.5 Å². The van der Waals surface area contributed by atoms with Crippen molar-refractivity contribution in [1.29, 1.82) is 0 Å². The van der Waals surface area contributed by atoms with Gasteiger partial charge in [0.15, 0.2) is 0 Å². The molecule has 0 saturated carbocycles. The van der Waals surface area contributed by atoms with Crippen LogP contribution in [0.4, 0.5) is 0 Å². The second kappa shape index (κ2) is 6.83. The number of rotatable bonds is 5. The number of nitrogens with zero attached hydrogens (tertiary/aromatic N) is 4. The number of hydrogen-bond acceptors (Lipinski definition) is 4. The van der Waals surface area contributed by atoms with E-state index in [4.69, 9.17) is 4.98 Å². The Bertz CT molecular complexity index is 691. The maximum Gasteiger partial charge on any atom is 0.224 e. The van der Waals surface area contributed by atoms with Gasteiger partial charge in [0.05, 0.1) is 27.8 Å². The summed E-state index contributed by atoms with van der Waals surface area (Å²) >= 11 is 1.78. The van der Waals surface area contributed by atoms with Crippen molar-refractivity contribution in [2.24, 2.45) is 0 Å². The fraction of sp³-hybridized carbons (Fsp3) is 0.588. The number of aryl methyl sites for hydroxylation is 4. The van der Waals surface area contributed by atoms with Gasteiger partial charge in [-0.05, 0) is 38.2 Å². The third-order valence-corrected chi connectivity index (χ3v) is 5.79. The summed E-state index contributed by atoms with van der Waals surface area (Å²) in [6.45, 7) is 4.79. The number of amides is 1. The first kappa shape index (κ1) is 16.2. The summed E-state index contributed by atoms with van der Waals surface area (Å²) in [7, 11) is 1.93. The molecule has 1 atom stereocenters. The summed E-state index contributed by atoms with van der Waals surface area (Å²) in [5.74, 6) is 0.183. The molecule has 1 unspecified atom stereocenters. The van der Waals surface area contributed by atoms with Crippen molar-refractivity contribution in [3.63, 3.8) is 0 Å². The monoisotopic (exact) mass is 332 g/mol. The molecular formula is C17H24N4OS. The minimum atomic E-state index is 0.183. The Kier molecular flexibility index (Phi) is 4.80. The quantitative estimate of drug-likeness (QED) is 0.845. The molecule has 124 valence electrons. The van der Waals surface area contributed by atoms with Crippen LogP contribution in [0.25, 0.3) is 0 Å². The van der Waals surface area contributed by atoms with E-state index in [0.29, 0.717) is 13.0 Å². The summed E-state index contributed by atoms with van der Waals surface area (Å²) in [4.78, 5) is 20.5. The fourth-order valence-electron chi connectivity index (χ4n) is 3.12. The summed E-state index contributed by atoms with van der Waals surface area (Å²) in [5, 5.41) is 5.44. The van der Waals surface area contributed by atoms with E-state index in [-0.39, 0.29) is 11.9 Å². The highest BCUT2D eigenvalue weighted by atomic mass is 32.1. The van der Waals surface area contributed by atoms with Gasteiger partial charge in [-0.3, -0.25) is 9.48 Å². The molecule has 0 saturated heterocycles. The van der Waals surface area contributed by atoms with Crippen LogP contribution in [0.3, 0.4) is 0 Å². The molecule has 6 heteroatoms. The number of fused-ring (bicyclic) bond motifs is 1. The van der Waals surface area contributed by atoms with Gasteiger partial charge < -0.3 is 4.90 Å². The van der Waals surface area contributed by atoms with E-state index in [2.05, 4.69) is 12.0 Å². The lowest BCUT2D eigenvalue weighted by Gasteiger charge is -2.30. The molecule has 2 aromatic rings. The highest BCUT2D eigenvalue weighted by Crippen LogP contribution is 2.37. The zero-order valence-corrected chi connectivity index (χ0v) is 14.9. The lowest BCUT2D eigenvalue weighted by Crippen LogP contribution is -2.33. The van der Waals surface area contributed by atoms with E-state index >= 15 is 0 Å². The number of carbonyl (C=O) groups excluding carboxylic acids is 1. The van der Waals surface area contributed by atoms with Crippen molar-refractivity contribution in [3.8, 4) is 0 Å². The van der Waals surface area contributed by atoms with Crippen LogP contribution in [-0.2, 0) is 24.2 Å². The van der Waals surface area contributed by atoms with Crippen molar-refractivity contribution in [2.75, 3.05) is 7.05 Å². The highest BCUT2D eigenvalue weighted by Gasteiger charge is 2.29. The molecule has 0 aliphatic heterocycles. The molecule has 1 aliphatic rings. The Balaban J connectivity index is 1.67. The number of carbonyl (C=O) groups is 1. The second-order valence-electron chi connectivity index (χ2n) is 6.22. The van der Waals surface area contributed by atoms with Gasteiger partial charge in [0.25, 0.3) is 0 Å². The van der Waals surface area contributed by atoms with E-state index in [9.17, 15) is 4.79 Å². The highest BCUT2D eigenvalue weighted by molar-refractivity contribution is 7.11. The normalized spacial score (nSPS) is 17.1. The molecule has 2 aromatic heterocycles. The largest absolute Gasteiger partial charge is 0.338 e. The summed E-state index contributed by atoms with van der Waals surface area (Å²) < 4.78 is 1.84. The van der Waals surface area contributed by atoms with Crippen molar-refractivity contribution >= 4 is 17.2 Å². The van der Waals surface area contributed by atoms with Gasteiger partial charge in [-0.15, -0.1) is 11.3 Å². The smallest absolute Gasteiger partial charge is 0.224 e. The van der Waals surface area contributed by atoms with E-state index in [1.165, 1.54) is 15.6 Å². The Morgan fingerprint density at radius 3 is 3.04 bits per heavy atom. The van der Waals surface area contributed by atoms with Gasteiger partial charge in [0.1, 0.15) is 0 Å². The zero-order chi connectivity index (χ0) is 16.4. The molecule has 0 bridgehead atoms. The summed E-state index contributed by atoms with van der Waals surface area (Å²) in [5.41, 5.74) is 2.34. The lowest BCUT2D eigenvalue weighted by atomic mass is 9.97. The third kappa shape index (κ3) is 3.47. The van der Waals surface area contributed by atoms with E-state index in [1.54, 1.807) is 11.3 Å². The molecule has 0 radical (unpaired) electrons. The standard InChI is InChI=1S/C17H24N4OS/c1-4-15-19-13-6-5-7-14(17(13)23-15)20(3)16(22)8-9-21-11-12(2)10-18-21/h10-11,14H,4-9H2,1-3H3. The average Bonchev–Trinajstić information content (AvgIpc) is 3.16. The first-order chi connectivity index (χ1) is 11.1. The number of thiazole rings is 1. The van der Waals surface area contributed by atoms with Crippen molar-refractivity contribution in [2.45, 2.75) is 58.5 Å². The molecule has 3 rings (SSSR count). The van der Waals surface area contributed by atoms with Gasteiger partial charge >= 0.3 is 0 Å². The molecule has 5 nitrogen and oxygen atoms in total. The molecule has 0 fully saturated rings. The van der Waals surface area contributed by atoms with E-state index < -0.39 is 0 Å². The minimum absolute atomic E-state index is 0.183. The Morgan fingerprint density at radius 2 is 2.35 bits per heavy atom. The molecule has 0 N–H and O–H groups in total. The Morgan fingerprint density at radius 1 is 1.52 bits per heavy atom. The molecule has 1 aliphatic carbocycles. The third-order valence-electron chi connectivity index (χ3n) is 4.45. The van der Waals surface area contributed by atoms with Crippen LogP contribution in [0, 0.1) is 6.92 Å². The molecular weight excluding hydrogens is 308 g/mol. The van der Waals surface area contributed by atoms with Crippen LogP contribution in [0.15, 0.2) is 12.4 Å². The van der Waals surface area contributed by atoms with Crippen LogP contribution in [0.5, 0.6) is 0 Å². The topological polar surface area (TPSA) is 51.0 Å². The number of hydrogen-bond donors (Lipinski definition) is 0. The first-order valence-corrected chi connectivity index (χ1v) is 9.13. The van der Waals surface area contributed by atoms with E-state index in [0.717, 1.165) is 31.2 Å². The first-order valence-electron chi connectivity index (χ1n) is 8.31. The van der Waals surface area contributed by atoms with Gasteiger partial charge in [-0.2, -0.15) is 5.10 Å². The van der Waals surface area contributed by atoms with E-state index in [1.807, 2.05) is 35.9 Å². The predicted molar refractivity (Wildman–Crippen MR) is 91.5 cm³/mol. The predicted octanol–water partition coefficient (Wildman–Crippen LogP) is 3.14. The van der Waals surface area contributed by atoms with Crippen molar-refractivity contribution < 1.29 is 4.79 Å². The average molecular weight is 332 g/mol. The maximum atomic E-state index is 12.6. The van der Waals surface area contributed by atoms with Crippen LogP contribution in [-0.4, -0.2) is 32.6 Å². The van der Waals surface area contributed by atoms with Crippen molar-refractivity contribution in [1.82, 2.24) is 19.7 Å².